The summed E-state index contributed by atoms with van der Waals surface area (Å²) in [4.78, 5) is 9.96. The van der Waals surface area contributed by atoms with E-state index in [0.717, 1.165) is 31.4 Å². The summed E-state index contributed by atoms with van der Waals surface area (Å²) in [6, 6.07) is 4.71. The highest BCUT2D eigenvalue weighted by atomic mass is 32.2. The highest BCUT2D eigenvalue weighted by Crippen LogP contribution is 2.22. The number of hydrogen-bond donors (Lipinski definition) is 0. The van der Waals surface area contributed by atoms with Crippen LogP contribution in [-0.4, -0.2) is 18.6 Å². The number of nitro benzene ring substituents is 1. The van der Waals surface area contributed by atoms with Gasteiger partial charge in [-0.05, 0) is 25.5 Å². The molecule has 0 spiro atoms. The smallest absolute Gasteiger partial charge is 0.258 e. The topological polar surface area (TPSA) is 77.3 Å². The van der Waals surface area contributed by atoms with Crippen molar-refractivity contribution in [2.24, 2.45) is 0 Å². The number of unbranched alkanes of at least 4 members (excludes halogenated alkanes) is 3. The third kappa shape index (κ3) is 4.30. The van der Waals surface area contributed by atoms with Gasteiger partial charge < -0.3 is 0 Å². The number of hydrogen-bond acceptors (Lipinski definition) is 4. The van der Waals surface area contributed by atoms with E-state index in [-0.39, 0.29) is 17.0 Å². The molecule has 0 aliphatic carbocycles. The minimum atomic E-state index is -3.82. The van der Waals surface area contributed by atoms with Gasteiger partial charge >= 0.3 is 0 Å². The van der Waals surface area contributed by atoms with E-state index in [2.05, 4.69) is 6.92 Å². The van der Waals surface area contributed by atoms with Gasteiger partial charge in [-0.1, -0.05) is 32.6 Å². The van der Waals surface area contributed by atoms with E-state index in [9.17, 15) is 18.5 Å². The zero-order chi connectivity index (χ0) is 16.1. The molecule has 0 saturated carbocycles. The highest BCUT2D eigenvalue weighted by Gasteiger charge is 2.23. The Labute approximate surface area is 121 Å². The van der Waals surface area contributed by atoms with Gasteiger partial charge in [0, 0.05) is 13.5 Å². The van der Waals surface area contributed by atoms with Gasteiger partial charge in [-0.25, -0.2) is 8.42 Å². The molecule has 0 fully saturated rings. The lowest BCUT2D eigenvalue weighted by atomic mass is 10.1. The second-order valence-corrected chi connectivity index (χ2v) is 6.94. The molecule has 1 atom stereocenters. The third-order valence-electron chi connectivity index (χ3n) is 3.20. The third-order valence-corrected chi connectivity index (χ3v) is 5.21. The second-order valence-electron chi connectivity index (χ2n) is 4.77. The maximum absolute atomic E-state index is 12.4. The van der Waals surface area contributed by atoms with Crippen molar-refractivity contribution in [3.63, 3.8) is 0 Å². The number of benzene rings is 1. The second kappa shape index (κ2) is 7.38. The van der Waals surface area contributed by atoms with Crippen LogP contribution in [0.5, 0.6) is 0 Å². The largest absolute Gasteiger partial charge is 0.269 e. The molecule has 1 aromatic carbocycles. The SMILES string of the molecule is [2H]C(C)(CCCCCC)S(=O)(=O)c1ccc([N+](=O)[O-])cc1. The maximum Gasteiger partial charge on any atom is 0.269 e. The van der Waals surface area contributed by atoms with Crippen LogP contribution in [0.1, 0.15) is 47.3 Å². The van der Waals surface area contributed by atoms with Crippen molar-refractivity contribution in [1.29, 1.82) is 0 Å². The summed E-state index contributed by atoms with van der Waals surface area (Å²) in [6.45, 7) is 3.45. The van der Waals surface area contributed by atoms with Crippen LogP contribution in [0.3, 0.4) is 0 Å². The fraction of sp³-hybridized carbons (Fsp3) is 0.571. The molecule has 0 bridgehead atoms. The highest BCUT2D eigenvalue weighted by molar-refractivity contribution is 7.92. The Hall–Kier alpha value is -1.43. The number of nitrogens with zero attached hydrogens (tertiary/aromatic N) is 1. The zero-order valence-corrected chi connectivity index (χ0v) is 12.6. The van der Waals surface area contributed by atoms with Crippen molar-refractivity contribution in [3.05, 3.63) is 34.4 Å². The molecule has 1 unspecified atom stereocenters. The Morgan fingerprint density at radius 1 is 1.25 bits per heavy atom. The Balaban J connectivity index is 2.90. The fourth-order valence-corrected chi connectivity index (χ4v) is 3.19. The molecule has 20 heavy (non-hydrogen) atoms. The minimum absolute atomic E-state index is 0.0407. The van der Waals surface area contributed by atoms with Gasteiger partial charge in [0.05, 0.1) is 15.0 Å². The maximum atomic E-state index is 12.4. The Kier molecular flexibility index (Phi) is 5.52. The normalized spacial score (nSPS) is 15.4. The zero-order valence-electron chi connectivity index (χ0n) is 12.8. The lowest BCUT2D eigenvalue weighted by molar-refractivity contribution is -0.384. The van der Waals surface area contributed by atoms with Gasteiger partial charge in [-0.2, -0.15) is 0 Å². The van der Waals surface area contributed by atoms with Gasteiger partial charge in [-0.15, -0.1) is 0 Å². The summed E-state index contributed by atoms with van der Waals surface area (Å²) >= 11 is 0. The van der Waals surface area contributed by atoms with Crippen molar-refractivity contribution in [2.75, 3.05) is 0 Å². The van der Waals surface area contributed by atoms with Crippen LogP contribution < -0.4 is 0 Å². The van der Waals surface area contributed by atoms with Gasteiger partial charge in [-0.3, -0.25) is 10.1 Å². The molecular formula is C14H21NO4S. The molecule has 112 valence electrons. The van der Waals surface area contributed by atoms with Crippen molar-refractivity contribution < 1.29 is 14.7 Å². The molecule has 0 N–H and O–H groups in total. The Morgan fingerprint density at radius 2 is 1.85 bits per heavy atom. The Morgan fingerprint density at radius 3 is 2.35 bits per heavy atom. The summed E-state index contributed by atoms with van der Waals surface area (Å²) in [7, 11) is -3.82. The molecule has 0 amide bonds. The predicted molar refractivity (Wildman–Crippen MR) is 78.5 cm³/mol. The number of nitro groups is 1. The standard InChI is InChI=1S/C14H21NO4S/c1-3-4-5-6-7-12(2)20(18,19)14-10-8-13(9-11-14)15(16)17/h8-12H,3-7H2,1-2H3/i12D. The fourth-order valence-electron chi connectivity index (χ4n) is 1.88. The van der Waals surface area contributed by atoms with Crippen LogP contribution >= 0.6 is 0 Å². The van der Waals surface area contributed by atoms with Crippen molar-refractivity contribution in [2.45, 2.75) is 56.1 Å². The number of sulfone groups is 1. The van der Waals surface area contributed by atoms with Crippen molar-refractivity contribution in [3.8, 4) is 0 Å². The number of rotatable bonds is 8. The molecule has 0 aliphatic heterocycles. The van der Waals surface area contributed by atoms with E-state index in [4.69, 9.17) is 1.37 Å². The van der Waals surface area contributed by atoms with E-state index in [1.165, 1.54) is 19.1 Å². The lowest BCUT2D eigenvalue weighted by Crippen LogP contribution is -2.18. The molecule has 5 nitrogen and oxygen atoms in total. The summed E-state index contributed by atoms with van der Waals surface area (Å²) in [5.41, 5.74) is -0.163. The molecule has 0 aromatic heterocycles. The van der Waals surface area contributed by atoms with E-state index >= 15 is 0 Å². The quantitative estimate of drug-likeness (QED) is 0.416. The first-order valence-electron chi connectivity index (χ1n) is 7.21. The van der Waals surface area contributed by atoms with Crippen molar-refractivity contribution >= 4 is 15.5 Å². The Bertz CT molecular complexity index is 581. The summed E-state index contributed by atoms with van der Waals surface area (Å²) < 4.78 is 33.0. The van der Waals surface area contributed by atoms with Crippen molar-refractivity contribution in [1.82, 2.24) is 0 Å². The monoisotopic (exact) mass is 300 g/mol. The van der Waals surface area contributed by atoms with Crippen LogP contribution in [0.15, 0.2) is 29.2 Å². The molecule has 0 aliphatic rings. The first kappa shape index (κ1) is 15.0. The molecule has 0 heterocycles. The summed E-state index contributed by atoms with van der Waals surface area (Å²) in [5, 5.41) is 8.97. The van der Waals surface area contributed by atoms with Gasteiger partial charge in [0.2, 0.25) is 0 Å². The van der Waals surface area contributed by atoms with E-state index < -0.39 is 20.0 Å². The number of non-ortho nitro benzene ring substituents is 1. The molecular weight excluding hydrogens is 278 g/mol. The van der Waals surface area contributed by atoms with Crippen LogP contribution in [-0.2, 0) is 9.84 Å². The van der Waals surface area contributed by atoms with E-state index in [1.807, 2.05) is 0 Å². The average Bonchev–Trinajstić information content (AvgIpc) is 2.43. The molecule has 6 heteroatoms. The first-order chi connectivity index (χ1) is 9.72. The molecule has 0 radical (unpaired) electrons. The van der Waals surface area contributed by atoms with Gasteiger partial charge in [0.15, 0.2) is 9.84 Å². The molecule has 0 saturated heterocycles. The van der Waals surface area contributed by atoms with Crippen LogP contribution in [0.4, 0.5) is 5.69 Å². The summed E-state index contributed by atoms with van der Waals surface area (Å²) in [5.74, 6) is 0. The van der Waals surface area contributed by atoms with Crippen LogP contribution in [0, 0.1) is 10.1 Å². The average molecular weight is 300 g/mol. The van der Waals surface area contributed by atoms with Crippen LogP contribution in [0.25, 0.3) is 0 Å². The minimum Gasteiger partial charge on any atom is -0.258 e. The van der Waals surface area contributed by atoms with E-state index in [0.29, 0.717) is 6.42 Å². The van der Waals surface area contributed by atoms with Gasteiger partial charge in [0.1, 0.15) is 0 Å². The molecule has 1 rings (SSSR count). The lowest BCUT2D eigenvalue weighted by Gasteiger charge is -2.12. The van der Waals surface area contributed by atoms with Crippen LogP contribution in [0.2, 0.25) is 0 Å². The molecule has 1 aromatic rings. The van der Waals surface area contributed by atoms with Gasteiger partial charge in [0.25, 0.3) is 5.69 Å². The van der Waals surface area contributed by atoms with E-state index in [1.54, 1.807) is 0 Å². The first-order valence-corrected chi connectivity index (χ1v) is 8.20. The summed E-state index contributed by atoms with van der Waals surface area (Å²) in [6.07, 6.45) is 3.91. The predicted octanol–water partition coefficient (Wildman–Crippen LogP) is 3.73.